The smallest absolute Gasteiger partial charge is 0.0953 e. The van der Waals surface area contributed by atoms with Crippen LogP contribution < -0.4 is 5.32 Å². The highest BCUT2D eigenvalue weighted by atomic mass is 16.3. The molecular weight excluding hydrogens is 246 g/mol. The monoisotopic (exact) mass is 271 g/mol. The Morgan fingerprint density at radius 1 is 1.00 bits per heavy atom. The number of benzene rings is 1. The van der Waals surface area contributed by atoms with Crippen molar-refractivity contribution in [2.45, 2.75) is 45.6 Å². The average molecular weight is 271 g/mol. The second kappa shape index (κ2) is 7.30. The summed E-state index contributed by atoms with van der Waals surface area (Å²) < 4.78 is 5.24. The molecule has 2 unspecified atom stereocenters. The number of nitrogens with one attached hydrogen (secondary N) is 1. The zero-order valence-corrected chi connectivity index (χ0v) is 12.7. The Kier molecular flexibility index (Phi) is 5.42. The first-order chi connectivity index (χ1) is 9.76. The maximum Gasteiger partial charge on any atom is 0.0953 e. The van der Waals surface area contributed by atoms with Gasteiger partial charge in [-0.25, -0.2) is 0 Å². The third-order valence-corrected chi connectivity index (χ3v) is 3.93. The van der Waals surface area contributed by atoms with Crippen molar-refractivity contribution in [3.8, 4) is 0 Å². The molecule has 2 aromatic rings. The Labute approximate surface area is 122 Å². The lowest BCUT2D eigenvalue weighted by molar-refractivity contribution is 0.548. The number of rotatable bonds is 7. The van der Waals surface area contributed by atoms with Crippen LogP contribution in [0.3, 0.4) is 0 Å². The molecule has 1 aromatic carbocycles. The van der Waals surface area contributed by atoms with Crippen LogP contribution in [-0.2, 0) is 0 Å². The fourth-order valence-electron chi connectivity index (χ4n) is 2.41. The zero-order chi connectivity index (χ0) is 14.4. The molecule has 0 fully saturated rings. The van der Waals surface area contributed by atoms with Gasteiger partial charge in [-0.15, -0.1) is 0 Å². The third-order valence-electron chi connectivity index (χ3n) is 3.93. The summed E-state index contributed by atoms with van der Waals surface area (Å²) in [5, 5.41) is 3.59. The number of furan rings is 1. The van der Waals surface area contributed by atoms with Gasteiger partial charge in [-0.05, 0) is 42.5 Å². The van der Waals surface area contributed by atoms with Crippen molar-refractivity contribution in [1.82, 2.24) is 5.32 Å². The van der Waals surface area contributed by atoms with Gasteiger partial charge in [0.2, 0.25) is 0 Å². The average Bonchev–Trinajstić information content (AvgIpc) is 3.01. The fraction of sp³-hybridized carbons (Fsp3) is 0.444. The summed E-state index contributed by atoms with van der Waals surface area (Å²) in [4.78, 5) is 0. The van der Waals surface area contributed by atoms with Gasteiger partial charge in [0.15, 0.2) is 0 Å². The van der Waals surface area contributed by atoms with Gasteiger partial charge >= 0.3 is 0 Å². The van der Waals surface area contributed by atoms with E-state index in [-0.39, 0.29) is 6.04 Å². The predicted molar refractivity (Wildman–Crippen MR) is 84.0 cm³/mol. The van der Waals surface area contributed by atoms with Crippen LogP contribution in [0.5, 0.6) is 0 Å². The van der Waals surface area contributed by atoms with Crippen LogP contribution in [0.15, 0.2) is 47.3 Å². The molecule has 0 bridgehead atoms. The minimum atomic E-state index is 0.222. The maximum atomic E-state index is 5.24. The van der Waals surface area contributed by atoms with Crippen LogP contribution in [0.1, 0.15) is 62.3 Å². The lowest BCUT2D eigenvalue weighted by Crippen LogP contribution is -2.22. The summed E-state index contributed by atoms with van der Waals surface area (Å²) in [6, 6.07) is 11.2. The molecule has 0 aliphatic carbocycles. The molecule has 1 aromatic heterocycles. The SMILES string of the molecule is CCCNC(c1ccc(C(C)CC)cc1)c1ccoc1. The molecule has 0 radical (unpaired) electrons. The molecule has 1 heterocycles. The molecule has 108 valence electrons. The van der Waals surface area contributed by atoms with Gasteiger partial charge in [0.1, 0.15) is 0 Å². The minimum absolute atomic E-state index is 0.222. The quantitative estimate of drug-likeness (QED) is 0.776. The number of hydrogen-bond donors (Lipinski definition) is 1. The Balaban J connectivity index is 2.20. The van der Waals surface area contributed by atoms with E-state index >= 15 is 0 Å². The normalized spacial score (nSPS) is 14.2. The first kappa shape index (κ1) is 14.9. The molecule has 2 rings (SSSR count). The molecule has 1 N–H and O–H groups in total. The summed E-state index contributed by atoms with van der Waals surface area (Å²) in [6.07, 6.45) is 5.87. The van der Waals surface area contributed by atoms with Gasteiger partial charge in [-0.3, -0.25) is 0 Å². The highest BCUT2D eigenvalue weighted by molar-refractivity contribution is 5.33. The van der Waals surface area contributed by atoms with E-state index in [2.05, 4.69) is 50.4 Å². The molecule has 0 saturated carbocycles. The lowest BCUT2D eigenvalue weighted by Gasteiger charge is -2.18. The third kappa shape index (κ3) is 3.51. The van der Waals surface area contributed by atoms with Crippen LogP contribution in [0.4, 0.5) is 0 Å². The van der Waals surface area contributed by atoms with Crippen molar-refractivity contribution in [2.75, 3.05) is 6.54 Å². The Hall–Kier alpha value is -1.54. The van der Waals surface area contributed by atoms with Gasteiger partial charge in [-0.1, -0.05) is 45.0 Å². The van der Waals surface area contributed by atoms with E-state index in [0.29, 0.717) is 5.92 Å². The van der Waals surface area contributed by atoms with Gasteiger partial charge in [-0.2, -0.15) is 0 Å². The molecule has 2 atom stereocenters. The maximum absolute atomic E-state index is 5.24. The summed E-state index contributed by atoms with van der Waals surface area (Å²) in [7, 11) is 0. The van der Waals surface area contributed by atoms with Crippen LogP contribution in [-0.4, -0.2) is 6.54 Å². The first-order valence-electron chi connectivity index (χ1n) is 7.61. The van der Waals surface area contributed by atoms with Crippen molar-refractivity contribution in [2.24, 2.45) is 0 Å². The van der Waals surface area contributed by atoms with Crippen LogP contribution >= 0.6 is 0 Å². The molecule has 0 aliphatic heterocycles. The van der Waals surface area contributed by atoms with Crippen molar-refractivity contribution in [3.63, 3.8) is 0 Å². The Morgan fingerprint density at radius 3 is 2.25 bits per heavy atom. The second-order valence-corrected chi connectivity index (χ2v) is 5.42. The molecule has 0 spiro atoms. The molecule has 0 aliphatic rings. The summed E-state index contributed by atoms with van der Waals surface area (Å²) in [6.45, 7) is 7.70. The minimum Gasteiger partial charge on any atom is -0.472 e. The van der Waals surface area contributed by atoms with Gasteiger partial charge < -0.3 is 9.73 Å². The van der Waals surface area contributed by atoms with Crippen molar-refractivity contribution >= 4 is 0 Å². The summed E-state index contributed by atoms with van der Waals surface area (Å²) >= 11 is 0. The molecule has 2 nitrogen and oxygen atoms in total. The van der Waals surface area contributed by atoms with Crippen LogP contribution in [0.2, 0.25) is 0 Å². The van der Waals surface area contributed by atoms with Crippen LogP contribution in [0, 0.1) is 0 Å². The largest absolute Gasteiger partial charge is 0.472 e. The first-order valence-corrected chi connectivity index (χ1v) is 7.61. The molecular formula is C18H25NO. The lowest BCUT2D eigenvalue weighted by atomic mass is 9.94. The van der Waals surface area contributed by atoms with E-state index in [1.54, 1.807) is 6.26 Å². The van der Waals surface area contributed by atoms with Gasteiger partial charge in [0.05, 0.1) is 18.6 Å². The molecule has 2 heteroatoms. The topological polar surface area (TPSA) is 25.2 Å². The van der Waals surface area contributed by atoms with Gasteiger partial charge in [0, 0.05) is 5.56 Å². The molecule has 0 amide bonds. The van der Waals surface area contributed by atoms with E-state index < -0.39 is 0 Å². The van der Waals surface area contributed by atoms with E-state index in [9.17, 15) is 0 Å². The molecule has 0 saturated heterocycles. The second-order valence-electron chi connectivity index (χ2n) is 5.42. The van der Waals surface area contributed by atoms with E-state index in [1.807, 2.05) is 12.3 Å². The standard InChI is InChI=1S/C18H25NO/c1-4-11-19-18(17-10-12-20-13-17)16-8-6-15(7-9-16)14(3)5-2/h6-10,12-14,18-19H,4-5,11H2,1-3H3. The fourth-order valence-corrected chi connectivity index (χ4v) is 2.41. The Bertz CT molecular complexity index is 487. The predicted octanol–water partition coefficient (Wildman–Crippen LogP) is 4.88. The van der Waals surface area contributed by atoms with Gasteiger partial charge in [0.25, 0.3) is 0 Å². The number of hydrogen-bond acceptors (Lipinski definition) is 2. The van der Waals surface area contributed by atoms with Crippen molar-refractivity contribution in [3.05, 3.63) is 59.5 Å². The highest BCUT2D eigenvalue weighted by Crippen LogP contribution is 2.25. The summed E-state index contributed by atoms with van der Waals surface area (Å²) in [5.74, 6) is 0.625. The highest BCUT2D eigenvalue weighted by Gasteiger charge is 2.14. The zero-order valence-electron chi connectivity index (χ0n) is 12.7. The van der Waals surface area contributed by atoms with Crippen LogP contribution in [0.25, 0.3) is 0 Å². The van der Waals surface area contributed by atoms with E-state index in [4.69, 9.17) is 4.42 Å². The van der Waals surface area contributed by atoms with E-state index in [0.717, 1.165) is 13.0 Å². The van der Waals surface area contributed by atoms with Crippen molar-refractivity contribution < 1.29 is 4.42 Å². The van der Waals surface area contributed by atoms with E-state index in [1.165, 1.54) is 23.1 Å². The summed E-state index contributed by atoms with van der Waals surface area (Å²) in [5.41, 5.74) is 3.90. The molecule has 20 heavy (non-hydrogen) atoms. The Morgan fingerprint density at radius 2 is 1.70 bits per heavy atom. The van der Waals surface area contributed by atoms with Crippen molar-refractivity contribution in [1.29, 1.82) is 0 Å².